The number of hydrogen-bond donors (Lipinski definition) is 3. The van der Waals surface area contributed by atoms with Gasteiger partial charge in [-0.1, -0.05) is 65.0 Å². The lowest BCUT2D eigenvalue weighted by molar-refractivity contribution is -0.265. The van der Waals surface area contributed by atoms with Crippen LogP contribution in [0.25, 0.3) is 0 Å². The van der Waals surface area contributed by atoms with Crippen LogP contribution in [0.1, 0.15) is 138 Å². The van der Waals surface area contributed by atoms with Crippen LogP contribution in [0.3, 0.4) is 0 Å². The number of rotatable bonds is 7. The summed E-state index contributed by atoms with van der Waals surface area (Å²) in [5, 5.41) is 36.3. The van der Waals surface area contributed by atoms with Gasteiger partial charge < -0.3 is 43.9 Å². The highest BCUT2D eigenvalue weighted by Gasteiger charge is 2.53. The fourth-order valence-electron chi connectivity index (χ4n) is 12.1. The number of benzene rings is 1. The maximum absolute atomic E-state index is 14.5. The summed E-state index contributed by atoms with van der Waals surface area (Å²) < 4.78 is 29.9. The lowest BCUT2D eigenvalue weighted by Gasteiger charge is -2.43. The molecule has 5 aliphatic heterocycles. The summed E-state index contributed by atoms with van der Waals surface area (Å²) in [5.41, 5.74) is 2.11. The average molecular weight is 1020 g/mol. The first kappa shape index (κ1) is 58.4. The maximum atomic E-state index is 14.5. The van der Waals surface area contributed by atoms with Crippen molar-refractivity contribution in [2.24, 2.45) is 35.5 Å². The normalized spacial score (nSPS) is 38.8. The number of aliphatic hydroxyl groups is 3. The minimum absolute atomic E-state index is 0.0349. The number of allylic oxidation sites excluding steroid dienone is 1. The molecule has 3 N–H and O–H groups in total. The zero-order valence-electron chi connectivity index (χ0n) is 45.1. The molecule has 4 fully saturated rings. The summed E-state index contributed by atoms with van der Waals surface area (Å²) in [6.45, 7) is 12.9. The predicted octanol–water partition coefficient (Wildman–Crippen LogP) is 7.04. The summed E-state index contributed by atoms with van der Waals surface area (Å²) >= 11 is 0. The molecule has 16 heteroatoms. The van der Waals surface area contributed by atoms with Crippen molar-refractivity contribution in [1.82, 2.24) is 4.90 Å². The number of carbonyl (C=O) groups excluding carboxylic acids is 5. The molecule has 0 radical (unpaired) electrons. The van der Waals surface area contributed by atoms with E-state index in [4.69, 9.17) is 28.5 Å². The second-order valence-electron chi connectivity index (χ2n) is 22.3. The van der Waals surface area contributed by atoms with Gasteiger partial charge >= 0.3 is 5.97 Å². The lowest BCUT2D eigenvalue weighted by atomic mass is 9.78. The van der Waals surface area contributed by atoms with Crippen molar-refractivity contribution in [3.8, 4) is 0 Å². The van der Waals surface area contributed by atoms with Gasteiger partial charge in [-0.25, -0.2) is 4.79 Å². The van der Waals surface area contributed by atoms with E-state index in [-0.39, 0.29) is 73.4 Å². The minimum Gasteiger partial charge on any atom is -0.460 e. The molecule has 73 heavy (non-hydrogen) atoms. The molecule has 1 aromatic carbocycles. The average Bonchev–Trinajstić information content (AvgIpc) is 3.38. The Hall–Kier alpha value is -3.87. The van der Waals surface area contributed by atoms with Crippen molar-refractivity contribution in [3.63, 3.8) is 0 Å². The molecule has 3 saturated heterocycles. The fourth-order valence-corrected chi connectivity index (χ4v) is 12.1. The van der Waals surface area contributed by atoms with Gasteiger partial charge in [-0.3, -0.25) is 29.1 Å². The molecule has 1 amide bonds. The van der Waals surface area contributed by atoms with E-state index in [1.807, 2.05) is 62.2 Å². The first-order chi connectivity index (χ1) is 34.7. The summed E-state index contributed by atoms with van der Waals surface area (Å²) in [4.78, 5) is 79.9. The quantitative estimate of drug-likeness (QED) is 0.142. The van der Waals surface area contributed by atoms with Crippen LogP contribution in [0.15, 0.2) is 53.6 Å². The fraction of sp³-hybridized carbons (Fsp3) is 0.737. The molecular formula is C57H86N2O14. The Bertz CT molecular complexity index is 2100. The van der Waals surface area contributed by atoms with Crippen LogP contribution in [0.4, 0.5) is 5.69 Å². The van der Waals surface area contributed by atoms with Gasteiger partial charge in [0.2, 0.25) is 5.79 Å². The number of piperidine rings is 1. The van der Waals surface area contributed by atoms with Crippen LogP contribution in [0.5, 0.6) is 0 Å². The lowest BCUT2D eigenvalue weighted by Crippen LogP contribution is -2.61. The van der Waals surface area contributed by atoms with E-state index >= 15 is 0 Å². The number of anilines is 1. The highest BCUT2D eigenvalue weighted by Crippen LogP contribution is 2.39. The molecule has 17 atom stereocenters. The molecule has 6 aliphatic rings. The Labute approximate surface area is 433 Å². The van der Waals surface area contributed by atoms with Gasteiger partial charge in [-0.05, 0) is 132 Å². The van der Waals surface area contributed by atoms with Crippen molar-refractivity contribution in [1.29, 1.82) is 0 Å². The van der Waals surface area contributed by atoms with E-state index in [9.17, 15) is 39.3 Å². The van der Waals surface area contributed by atoms with E-state index in [0.717, 1.165) is 17.7 Å². The third kappa shape index (κ3) is 14.1. The van der Waals surface area contributed by atoms with Crippen LogP contribution < -0.4 is 5.06 Å². The van der Waals surface area contributed by atoms with Crippen LogP contribution in [-0.2, 0) is 52.5 Å². The monoisotopic (exact) mass is 1020 g/mol. The number of fused-ring (bicyclic) bond motifs is 17. The number of ketones is 3. The Kier molecular flexibility index (Phi) is 21.0. The van der Waals surface area contributed by atoms with Crippen LogP contribution >= 0.6 is 0 Å². The van der Waals surface area contributed by atoms with E-state index < -0.39 is 83.9 Å². The van der Waals surface area contributed by atoms with Gasteiger partial charge in [0.15, 0.2) is 5.78 Å². The third-order valence-corrected chi connectivity index (χ3v) is 16.9. The standard InChI is InChI=1S/C57H86N2O14/c1-33-26-37(5)51(62)53(70-10)52(63)38(6)27-34(2)47(61)32-49(35(3)28-40-20-24-46(60)50(30-40)69-9)71-56(66)45-18-14-15-25-58(45)55(65)54(64)57(67)39(7)19-21-42(72-57)31-48(68-8)36(4)29-43-22-23-44(33)59(73-43)41-16-12-11-13-17-41/h11-13,16-17,27,29,33-35,37,39-40,42-46,48-50,52-53,60,63,67H,14-15,18-26,28,30-32H2,1-10H3/b36-29?,38-27-/t33-,34+,35+,37+,39+,40-,42-,43+,44-,45-,46+,48-,49-,50+,52+,53-,57+/m0/s1. The number of carbonyl (C=O) groups is 5. The van der Waals surface area contributed by atoms with Crippen molar-refractivity contribution in [3.05, 3.63) is 53.6 Å². The third-order valence-electron chi connectivity index (χ3n) is 16.9. The molecule has 7 rings (SSSR count). The summed E-state index contributed by atoms with van der Waals surface area (Å²) in [6, 6.07) is 8.56. The molecule has 1 aromatic rings. The zero-order valence-corrected chi connectivity index (χ0v) is 45.1. The van der Waals surface area contributed by atoms with Crippen molar-refractivity contribution in [2.45, 2.75) is 205 Å². The molecule has 5 heterocycles. The number of aliphatic hydroxyl groups excluding tert-OH is 2. The van der Waals surface area contributed by atoms with E-state index in [1.54, 1.807) is 41.1 Å². The van der Waals surface area contributed by atoms with E-state index in [2.05, 4.69) is 6.92 Å². The first-order valence-electron chi connectivity index (χ1n) is 27.1. The van der Waals surface area contributed by atoms with E-state index in [0.29, 0.717) is 69.8 Å². The Morgan fingerprint density at radius 1 is 0.808 bits per heavy atom. The van der Waals surface area contributed by atoms with Crippen molar-refractivity contribution < 1.29 is 67.8 Å². The highest BCUT2D eigenvalue weighted by molar-refractivity contribution is 6.39. The molecule has 0 aromatic heterocycles. The van der Waals surface area contributed by atoms with Crippen LogP contribution in [0, 0.1) is 35.5 Å². The van der Waals surface area contributed by atoms with Gasteiger partial charge in [0.25, 0.3) is 11.7 Å². The second kappa shape index (κ2) is 26.3. The molecule has 0 unspecified atom stereocenters. The molecular weight excluding hydrogens is 937 g/mol. The number of methoxy groups -OCH3 is 3. The smallest absolute Gasteiger partial charge is 0.329 e. The Morgan fingerprint density at radius 2 is 1.53 bits per heavy atom. The molecule has 4 bridgehead atoms. The number of para-hydroxylation sites is 1. The zero-order chi connectivity index (χ0) is 53.3. The molecule has 1 saturated carbocycles. The number of hydroxylamine groups is 1. The number of Topliss-reactive ketones (excluding diaryl/α,β-unsaturated/α-hetero) is 3. The second-order valence-corrected chi connectivity index (χ2v) is 22.3. The van der Waals surface area contributed by atoms with Gasteiger partial charge in [0, 0.05) is 58.5 Å². The number of amides is 1. The molecule has 1 aliphatic carbocycles. The Morgan fingerprint density at radius 3 is 2.22 bits per heavy atom. The number of nitrogens with zero attached hydrogens (tertiary/aromatic N) is 2. The summed E-state index contributed by atoms with van der Waals surface area (Å²) in [5.74, 6) is -8.21. The van der Waals surface area contributed by atoms with Gasteiger partial charge in [0.1, 0.15) is 36.2 Å². The predicted molar refractivity (Wildman–Crippen MR) is 274 cm³/mol. The van der Waals surface area contributed by atoms with Crippen LogP contribution in [-0.4, -0.2) is 144 Å². The number of esters is 1. The van der Waals surface area contributed by atoms with Crippen molar-refractivity contribution in [2.75, 3.05) is 32.9 Å². The van der Waals surface area contributed by atoms with Crippen LogP contribution in [0.2, 0.25) is 0 Å². The topological polar surface area (TPSA) is 208 Å². The van der Waals surface area contributed by atoms with Gasteiger partial charge in [0.05, 0.1) is 36.1 Å². The number of ether oxygens (including phenoxy) is 5. The minimum atomic E-state index is -2.46. The van der Waals surface area contributed by atoms with Gasteiger partial charge in [-0.2, -0.15) is 0 Å². The molecule has 408 valence electrons. The Balaban J connectivity index is 1.34. The SMILES string of the molecule is CO[C@H]1C[C@@H]2CC[C@@H](C)[C@@](O)(O2)C(=O)C(=O)N2CCCC[C@H]2C(=O)O[C@H]([C@H](C)C[C@@H]2CC[C@@H](O)[C@H](OC)C2)CC(=O)[C@H](C)/C=C(/C)[C@@H](O)[C@@H](OC)C(=O)[C@H](C)C[C@H](C)[C@@H]2CC[C@H](C=C1C)ON2c1ccccc1. The molecule has 16 nitrogen and oxygen atoms in total. The summed E-state index contributed by atoms with van der Waals surface area (Å²) in [7, 11) is 4.56. The molecule has 0 spiro atoms. The highest BCUT2D eigenvalue weighted by atomic mass is 16.7. The van der Waals surface area contributed by atoms with E-state index in [1.165, 1.54) is 12.0 Å². The largest absolute Gasteiger partial charge is 0.460 e. The first-order valence-corrected chi connectivity index (χ1v) is 27.1. The van der Waals surface area contributed by atoms with Gasteiger partial charge in [-0.15, -0.1) is 0 Å². The summed E-state index contributed by atoms with van der Waals surface area (Å²) in [6.07, 6.45) is 4.36. The number of hydrogen-bond acceptors (Lipinski definition) is 15. The van der Waals surface area contributed by atoms with Crippen molar-refractivity contribution >= 4 is 34.9 Å². The maximum Gasteiger partial charge on any atom is 0.329 e.